The van der Waals surface area contributed by atoms with Crippen LogP contribution in [0.3, 0.4) is 0 Å². The predicted octanol–water partition coefficient (Wildman–Crippen LogP) is 3.88. The van der Waals surface area contributed by atoms with Crippen LogP contribution in [-0.4, -0.2) is 19.3 Å². The van der Waals surface area contributed by atoms with Crippen LogP contribution in [0.25, 0.3) is 0 Å². The molecule has 1 N–H and O–H groups in total. The Labute approximate surface area is 139 Å². The lowest BCUT2D eigenvalue weighted by Crippen LogP contribution is -2.43. The van der Waals surface area contributed by atoms with Crippen molar-refractivity contribution >= 4 is 17.4 Å². The van der Waals surface area contributed by atoms with Crippen LogP contribution in [0.5, 0.6) is 0 Å². The minimum absolute atomic E-state index is 0.0588. The normalized spacial score (nSPS) is 25.6. The van der Waals surface area contributed by atoms with E-state index in [1.807, 2.05) is 36.4 Å². The fourth-order valence-electron chi connectivity index (χ4n) is 3.29. The van der Waals surface area contributed by atoms with Gasteiger partial charge in [-0.2, -0.15) is 5.26 Å². The number of thiocyanates is 1. The second kappa shape index (κ2) is 6.25. The molecule has 2 aliphatic heterocycles. The molecule has 1 unspecified atom stereocenters. The van der Waals surface area contributed by atoms with Crippen molar-refractivity contribution in [3.8, 4) is 5.40 Å². The number of hydrogen-bond donors (Lipinski definition) is 1. The predicted molar refractivity (Wildman–Crippen MR) is 89.2 cm³/mol. The van der Waals surface area contributed by atoms with E-state index in [1.54, 1.807) is 0 Å². The van der Waals surface area contributed by atoms with Crippen LogP contribution in [0, 0.1) is 10.7 Å². The molecule has 2 aliphatic rings. The maximum absolute atomic E-state index is 8.89. The lowest BCUT2D eigenvalue weighted by molar-refractivity contribution is -0.151. The van der Waals surface area contributed by atoms with Gasteiger partial charge in [-0.15, -0.1) is 0 Å². The van der Waals surface area contributed by atoms with Gasteiger partial charge in [0, 0.05) is 16.1 Å². The summed E-state index contributed by atoms with van der Waals surface area (Å²) >= 11 is 1.17. The summed E-state index contributed by atoms with van der Waals surface area (Å²) in [5.74, 6) is 0. The van der Waals surface area contributed by atoms with Crippen molar-refractivity contribution in [2.24, 2.45) is 0 Å². The first-order chi connectivity index (χ1) is 11.4. The van der Waals surface area contributed by atoms with Gasteiger partial charge >= 0.3 is 0 Å². The molecule has 0 saturated carbocycles. The van der Waals surface area contributed by atoms with Gasteiger partial charge in [0.25, 0.3) is 0 Å². The van der Waals surface area contributed by atoms with Crippen molar-refractivity contribution in [2.45, 2.75) is 23.1 Å². The number of hydrogen-bond acceptors (Lipinski definition) is 5. The van der Waals surface area contributed by atoms with Crippen molar-refractivity contribution < 1.29 is 9.47 Å². The summed E-state index contributed by atoms with van der Waals surface area (Å²) < 4.78 is 12.1. The molecule has 0 bridgehead atoms. The average Bonchev–Trinajstić information content (AvgIpc) is 2.62. The van der Waals surface area contributed by atoms with Gasteiger partial charge in [-0.3, -0.25) is 0 Å². The summed E-state index contributed by atoms with van der Waals surface area (Å²) in [5, 5.41) is 14.6. The van der Waals surface area contributed by atoms with Crippen LogP contribution in [0.2, 0.25) is 0 Å². The van der Waals surface area contributed by atoms with Gasteiger partial charge in [0.15, 0.2) is 0 Å². The zero-order valence-electron chi connectivity index (χ0n) is 12.4. The molecule has 4 rings (SSSR count). The molecule has 2 aromatic rings. The Morgan fingerprint density at radius 1 is 1.09 bits per heavy atom. The van der Waals surface area contributed by atoms with Crippen LogP contribution < -0.4 is 5.32 Å². The molecule has 116 valence electrons. The van der Waals surface area contributed by atoms with E-state index >= 15 is 0 Å². The highest BCUT2D eigenvalue weighted by Gasteiger charge is 2.41. The number of rotatable bonds is 2. The number of thioether (sulfide) groups is 1. The maximum atomic E-state index is 8.89. The fraction of sp³-hybridized carbons (Fsp3) is 0.278. The van der Waals surface area contributed by atoms with E-state index in [0.717, 1.165) is 16.1 Å². The lowest BCUT2D eigenvalue weighted by atomic mass is 9.88. The highest BCUT2D eigenvalue weighted by Crippen LogP contribution is 2.45. The minimum atomic E-state index is -0.107. The standard InChI is InChI=1S/C18H16N2O2S/c19-11-23-13-6-7-15-14(10-13)17-18(22-9-8-21-17)16(20-15)12-4-2-1-3-5-12/h1-7,10,16-18,20H,8-9H2/t16?,17-,18+/m1/s1. The average molecular weight is 324 g/mol. The van der Waals surface area contributed by atoms with Gasteiger partial charge in [-0.1, -0.05) is 30.3 Å². The summed E-state index contributed by atoms with van der Waals surface area (Å²) in [6, 6.07) is 16.4. The topological polar surface area (TPSA) is 54.3 Å². The smallest absolute Gasteiger partial charge is 0.138 e. The Bertz CT molecular complexity index is 744. The Morgan fingerprint density at radius 3 is 2.74 bits per heavy atom. The van der Waals surface area contributed by atoms with Gasteiger partial charge in [0.1, 0.15) is 17.6 Å². The van der Waals surface area contributed by atoms with Crippen molar-refractivity contribution in [3.05, 3.63) is 59.7 Å². The summed E-state index contributed by atoms with van der Waals surface area (Å²) in [6.07, 6.45) is -0.176. The monoisotopic (exact) mass is 324 g/mol. The molecule has 2 heterocycles. The van der Waals surface area contributed by atoms with Crippen molar-refractivity contribution in [3.63, 3.8) is 0 Å². The van der Waals surface area contributed by atoms with Crippen molar-refractivity contribution in [2.75, 3.05) is 18.5 Å². The zero-order valence-corrected chi connectivity index (χ0v) is 13.3. The lowest BCUT2D eigenvalue weighted by Gasteiger charge is -2.43. The third kappa shape index (κ3) is 2.70. The summed E-state index contributed by atoms with van der Waals surface area (Å²) in [6.45, 7) is 1.20. The zero-order chi connectivity index (χ0) is 15.6. The number of nitrogens with one attached hydrogen (secondary N) is 1. The Morgan fingerprint density at radius 2 is 1.91 bits per heavy atom. The third-order valence-electron chi connectivity index (χ3n) is 4.28. The van der Waals surface area contributed by atoms with Gasteiger partial charge in [0.2, 0.25) is 0 Å². The van der Waals surface area contributed by atoms with E-state index in [-0.39, 0.29) is 18.2 Å². The van der Waals surface area contributed by atoms with Gasteiger partial charge in [-0.25, -0.2) is 0 Å². The molecule has 3 atom stereocenters. The third-order valence-corrected chi connectivity index (χ3v) is 4.86. The largest absolute Gasteiger partial charge is 0.375 e. The van der Waals surface area contributed by atoms with E-state index in [1.165, 1.54) is 17.3 Å². The van der Waals surface area contributed by atoms with Gasteiger partial charge in [-0.05, 0) is 35.5 Å². The first-order valence-corrected chi connectivity index (χ1v) is 8.43. The Hall–Kier alpha value is -2.00. The number of benzene rings is 2. The van der Waals surface area contributed by atoms with E-state index < -0.39 is 0 Å². The van der Waals surface area contributed by atoms with Crippen molar-refractivity contribution in [1.29, 1.82) is 5.26 Å². The van der Waals surface area contributed by atoms with Crippen LogP contribution in [0.4, 0.5) is 5.69 Å². The van der Waals surface area contributed by atoms with Crippen LogP contribution >= 0.6 is 11.8 Å². The number of ether oxygens (including phenoxy) is 2. The fourth-order valence-corrected chi connectivity index (χ4v) is 3.71. The quantitative estimate of drug-likeness (QED) is 0.671. The summed E-state index contributed by atoms with van der Waals surface area (Å²) in [5.41, 5.74) is 3.31. The van der Waals surface area contributed by atoms with Crippen LogP contribution in [-0.2, 0) is 9.47 Å². The van der Waals surface area contributed by atoms with Crippen LogP contribution in [0.15, 0.2) is 53.4 Å². The first-order valence-electron chi connectivity index (χ1n) is 7.61. The molecule has 5 heteroatoms. The van der Waals surface area contributed by atoms with E-state index in [9.17, 15) is 0 Å². The molecule has 0 aromatic heterocycles. The molecule has 1 saturated heterocycles. The first kappa shape index (κ1) is 14.6. The molecule has 1 fully saturated rings. The summed E-state index contributed by atoms with van der Waals surface area (Å²) in [4.78, 5) is 0.930. The van der Waals surface area contributed by atoms with Crippen molar-refractivity contribution in [1.82, 2.24) is 0 Å². The van der Waals surface area contributed by atoms with Gasteiger partial charge in [0.05, 0.1) is 19.3 Å². The van der Waals surface area contributed by atoms with E-state index in [2.05, 4.69) is 22.9 Å². The molecule has 23 heavy (non-hydrogen) atoms. The number of nitrogens with zero attached hydrogens (tertiary/aromatic N) is 1. The molecule has 0 aliphatic carbocycles. The van der Waals surface area contributed by atoms with E-state index in [0.29, 0.717) is 13.2 Å². The molecule has 0 spiro atoms. The molecular formula is C18H16N2O2S. The SMILES string of the molecule is N#CSc1ccc2c(c1)[C@H]1OCCO[C@H]1C(c1ccccc1)N2. The Kier molecular flexibility index (Phi) is 3.96. The summed E-state index contributed by atoms with van der Waals surface area (Å²) in [7, 11) is 0. The maximum Gasteiger partial charge on any atom is 0.138 e. The molecule has 4 nitrogen and oxygen atoms in total. The molecule has 0 amide bonds. The Balaban J connectivity index is 1.75. The molecular weight excluding hydrogens is 308 g/mol. The second-order valence-corrected chi connectivity index (χ2v) is 6.46. The van der Waals surface area contributed by atoms with Gasteiger partial charge < -0.3 is 14.8 Å². The number of nitriles is 1. The van der Waals surface area contributed by atoms with E-state index in [4.69, 9.17) is 14.7 Å². The van der Waals surface area contributed by atoms with Crippen LogP contribution in [0.1, 0.15) is 23.3 Å². The molecule has 0 radical (unpaired) electrons. The highest BCUT2D eigenvalue weighted by molar-refractivity contribution is 8.03. The highest BCUT2D eigenvalue weighted by atomic mass is 32.2. The number of fused-ring (bicyclic) bond motifs is 3. The minimum Gasteiger partial charge on any atom is -0.375 e. The molecule has 2 aromatic carbocycles. The second-order valence-electron chi connectivity index (χ2n) is 5.60. The number of anilines is 1.